The largest absolute Gasteiger partial charge is 0.486 e. The number of para-hydroxylation sites is 1. The van der Waals surface area contributed by atoms with E-state index in [0.29, 0.717) is 48.7 Å². The summed E-state index contributed by atoms with van der Waals surface area (Å²) in [7, 11) is 0. The summed E-state index contributed by atoms with van der Waals surface area (Å²) in [4.78, 5) is 12.3. The minimum atomic E-state index is -0.334. The summed E-state index contributed by atoms with van der Waals surface area (Å²) >= 11 is 0. The molecular weight excluding hydrogens is 268 g/mol. The van der Waals surface area contributed by atoms with Gasteiger partial charge in [0, 0.05) is 0 Å². The van der Waals surface area contributed by atoms with E-state index in [1.54, 1.807) is 18.2 Å². The van der Waals surface area contributed by atoms with E-state index in [4.69, 9.17) is 14.2 Å². The molecule has 0 fully saturated rings. The third kappa shape index (κ3) is 3.04. The van der Waals surface area contributed by atoms with E-state index < -0.39 is 0 Å². The predicted octanol–water partition coefficient (Wildman–Crippen LogP) is 3.22. The lowest BCUT2D eigenvalue weighted by atomic mass is 9.85. The second-order valence-corrected chi connectivity index (χ2v) is 5.61. The number of allylic oxidation sites excluding steroid dienone is 2. The zero-order valence-electron chi connectivity index (χ0n) is 12.2. The molecule has 1 aliphatic heterocycles. The van der Waals surface area contributed by atoms with Gasteiger partial charge in [0.2, 0.25) is 0 Å². The van der Waals surface area contributed by atoms with Crippen LogP contribution in [0.2, 0.25) is 0 Å². The van der Waals surface area contributed by atoms with Gasteiger partial charge in [0.15, 0.2) is 11.5 Å². The Morgan fingerprint density at radius 1 is 1.24 bits per heavy atom. The van der Waals surface area contributed by atoms with E-state index in [1.807, 2.05) is 0 Å². The predicted molar refractivity (Wildman–Crippen MR) is 78.7 cm³/mol. The first-order chi connectivity index (χ1) is 10.3. The third-order valence-corrected chi connectivity index (χ3v) is 4.13. The molecule has 1 aromatic rings. The minimum Gasteiger partial charge on any atom is -0.486 e. The van der Waals surface area contributed by atoms with Crippen molar-refractivity contribution in [3.05, 3.63) is 35.9 Å². The van der Waals surface area contributed by atoms with Gasteiger partial charge in [0.25, 0.3) is 0 Å². The number of hydrogen-bond donors (Lipinski definition) is 0. The average Bonchev–Trinajstić information content (AvgIpc) is 2.53. The molecule has 1 heterocycles. The zero-order chi connectivity index (χ0) is 14.7. The molecule has 1 aliphatic carbocycles. The van der Waals surface area contributed by atoms with Gasteiger partial charge in [-0.25, -0.2) is 4.79 Å². The number of ether oxygens (including phenoxy) is 3. The second-order valence-electron chi connectivity index (χ2n) is 5.61. The maximum atomic E-state index is 12.3. The van der Waals surface area contributed by atoms with E-state index in [1.165, 1.54) is 0 Å². The first-order valence-electron chi connectivity index (χ1n) is 7.46. The summed E-state index contributed by atoms with van der Waals surface area (Å²) in [6.45, 7) is 3.62. The van der Waals surface area contributed by atoms with Gasteiger partial charge in [-0.1, -0.05) is 25.1 Å². The van der Waals surface area contributed by atoms with Crippen molar-refractivity contribution in [1.29, 1.82) is 0 Å². The molecular formula is C17H20O4. The summed E-state index contributed by atoms with van der Waals surface area (Å²) in [6.07, 6.45) is 6.39. The molecule has 1 aromatic carbocycles. The van der Waals surface area contributed by atoms with Crippen molar-refractivity contribution >= 4 is 5.97 Å². The van der Waals surface area contributed by atoms with Gasteiger partial charge in [-0.15, -0.1) is 0 Å². The summed E-state index contributed by atoms with van der Waals surface area (Å²) in [6, 6.07) is 5.31. The van der Waals surface area contributed by atoms with Gasteiger partial charge in [0.05, 0.1) is 6.61 Å². The van der Waals surface area contributed by atoms with Crippen molar-refractivity contribution in [3.63, 3.8) is 0 Å². The number of fused-ring (bicyclic) bond motifs is 1. The average molecular weight is 288 g/mol. The Balaban J connectivity index is 1.67. The molecule has 0 saturated carbocycles. The molecule has 0 N–H and O–H groups in total. The summed E-state index contributed by atoms with van der Waals surface area (Å²) in [5.74, 6) is 1.73. The molecule has 4 heteroatoms. The van der Waals surface area contributed by atoms with Crippen LogP contribution >= 0.6 is 0 Å². The molecule has 2 aliphatic rings. The molecule has 112 valence electrons. The fourth-order valence-corrected chi connectivity index (χ4v) is 2.73. The van der Waals surface area contributed by atoms with Gasteiger partial charge >= 0.3 is 5.97 Å². The molecule has 2 unspecified atom stereocenters. The number of carbonyl (C=O) groups excluding carboxylic acids is 1. The van der Waals surface area contributed by atoms with Crippen molar-refractivity contribution in [2.24, 2.45) is 11.8 Å². The van der Waals surface area contributed by atoms with E-state index in [0.717, 1.165) is 12.8 Å². The van der Waals surface area contributed by atoms with Crippen LogP contribution in [0.5, 0.6) is 11.5 Å². The number of hydrogen-bond acceptors (Lipinski definition) is 4. The van der Waals surface area contributed by atoms with Crippen LogP contribution in [0.4, 0.5) is 0 Å². The highest BCUT2D eigenvalue weighted by Crippen LogP contribution is 2.34. The van der Waals surface area contributed by atoms with Crippen LogP contribution in [0.15, 0.2) is 30.4 Å². The molecule has 0 amide bonds. The number of benzene rings is 1. The van der Waals surface area contributed by atoms with Gasteiger partial charge in [-0.05, 0) is 36.8 Å². The maximum Gasteiger partial charge on any atom is 0.342 e. The Hall–Kier alpha value is -1.97. The minimum absolute atomic E-state index is 0.334. The fourth-order valence-electron chi connectivity index (χ4n) is 2.73. The highest BCUT2D eigenvalue weighted by Gasteiger charge is 2.24. The molecule has 0 bridgehead atoms. The van der Waals surface area contributed by atoms with Crippen LogP contribution in [-0.4, -0.2) is 25.8 Å². The van der Waals surface area contributed by atoms with Crippen molar-refractivity contribution in [2.45, 2.75) is 19.8 Å². The number of rotatable bonds is 3. The lowest BCUT2D eigenvalue weighted by Gasteiger charge is -2.25. The van der Waals surface area contributed by atoms with Gasteiger partial charge < -0.3 is 14.2 Å². The standard InChI is InChI=1S/C17H20O4/c1-12-5-2-3-6-13(12)11-21-17(18)14-7-4-8-15-16(14)20-10-9-19-15/h2-4,7-8,12-13H,5-6,9-11H2,1H3. The molecule has 0 aromatic heterocycles. The molecule has 0 spiro atoms. The highest BCUT2D eigenvalue weighted by molar-refractivity contribution is 5.93. The monoisotopic (exact) mass is 288 g/mol. The van der Waals surface area contributed by atoms with E-state index in [2.05, 4.69) is 19.1 Å². The Labute approximate surface area is 124 Å². The van der Waals surface area contributed by atoms with Crippen LogP contribution in [0, 0.1) is 11.8 Å². The maximum absolute atomic E-state index is 12.3. The summed E-state index contributed by atoms with van der Waals surface area (Å²) in [5.41, 5.74) is 0.450. The molecule has 3 rings (SSSR count). The van der Waals surface area contributed by atoms with Crippen LogP contribution in [0.1, 0.15) is 30.1 Å². The van der Waals surface area contributed by atoms with Crippen molar-refractivity contribution < 1.29 is 19.0 Å². The Bertz CT molecular complexity index is 550. The lowest BCUT2D eigenvalue weighted by Crippen LogP contribution is -2.23. The first-order valence-corrected chi connectivity index (χ1v) is 7.46. The van der Waals surface area contributed by atoms with E-state index in [9.17, 15) is 4.79 Å². The van der Waals surface area contributed by atoms with Crippen molar-refractivity contribution in [2.75, 3.05) is 19.8 Å². The lowest BCUT2D eigenvalue weighted by molar-refractivity contribution is 0.0386. The summed E-state index contributed by atoms with van der Waals surface area (Å²) in [5, 5.41) is 0. The first kappa shape index (κ1) is 14.0. The van der Waals surface area contributed by atoms with E-state index in [-0.39, 0.29) is 5.97 Å². The smallest absolute Gasteiger partial charge is 0.342 e. The topological polar surface area (TPSA) is 44.8 Å². The van der Waals surface area contributed by atoms with Gasteiger partial charge in [0.1, 0.15) is 18.8 Å². The van der Waals surface area contributed by atoms with Crippen LogP contribution in [0.25, 0.3) is 0 Å². The molecule has 21 heavy (non-hydrogen) atoms. The molecule has 4 nitrogen and oxygen atoms in total. The Morgan fingerprint density at radius 2 is 2.05 bits per heavy atom. The van der Waals surface area contributed by atoms with Crippen LogP contribution in [0.3, 0.4) is 0 Å². The Morgan fingerprint density at radius 3 is 2.90 bits per heavy atom. The zero-order valence-corrected chi connectivity index (χ0v) is 12.2. The van der Waals surface area contributed by atoms with Crippen molar-refractivity contribution in [3.8, 4) is 11.5 Å². The van der Waals surface area contributed by atoms with Gasteiger partial charge in [-0.3, -0.25) is 0 Å². The van der Waals surface area contributed by atoms with E-state index >= 15 is 0 Å². The third-order valence-electron chi connectivity index (χ3n) is 4.13. The van der Waals surface area contributed by atoms with Gasteiger partial charge in [-0.2, -0.15) is 0 Å². The molecule has 0 radical (unpaired) electrons. The fraction of sp³-hybridized carbons (Fsp3) is 0.471. The quantitative estimate of drug-likeness (QED) is 0.633. The Kier molecular flexibility index (Phi) is 4.13. The van der Waals surface area contributed by atoms with Crippen molar-refractivity contribution in [1.82, 2.24) is 0 Å². The summed E-state index contributed by atoms with van der Waals surface area (Å²) < 4.78 is 16.5. The number of carbonyl (C=O) groups is 1. The van der Waals surface area contributed by atoms with Crippen LogP contribution in [-0.2, 0) is 4.74 Å². The van der Waals surface area contributed by atoms with Crippen LogP contribution < -0.4 is 9.47 Å². The number of esters is 1. The highest BCUT2D eigenvalue weighted by atomic mass is 16.6. The second kappa shape index (κ2) is 6.20. The normalized spacial score (nSPS) is 23.7. The SMILES string of the molecule is CC1CC=CCC1COC(=O)c1cccc2c1OCCO2. The molecule has 2 atom stereocenters. The molecule has 0 saturated heterocycles.